The number of hydrogen-bond donors (Lipinski definition) is 2. The van der Waals surface area contributed by atoms with Gasteiger partial charge in [-0.15, -0.1) is 0 Å². The third-order valence-corrected chi connectivity index (χ3v) is 8.03. The maximum atomic E-state index is 15.6. The van der Waals surface area contributed by atoms with Gasteiger partial charge in [0.1, 0.15) is 23.8 Å². The van der Waals surface area contributed by atoms with Crippen molar-refractivity contribution < 1.29 is 32.3 Å². The number of nitrogens with zero attached hydrogens (tertiary/aromatic N) is 2. The SMILES string of the molecule is CCCC(C(=O)N[C@@H](CC(=O)O)c1cc(-c2c(C)cc(F)cc2C)cc(C)c1F)n1cc(CCN2CC(F)C2)cc(F)c1=O. The summed E-state index contributed by atoms with van der Waals surface area (Å²) in [5.74, 6) is -4.26. The third kappa shape index (κ3) is 7.38. The lowest BCUT2D eigenvalue weighted by molar-refractivity contribution is -0.138. The van der Waals surface area contributed by atoms with Crippen LogP contribution in [0, 0.1) is 38.2 Å². The monoisotopic (exact) mass is 615 g/mol. The van der Waals surface area contributed by atoms with E-state index in [1.54, 1.807) is 26.8 Å². The topological polar surface area (TPSA) is 91.6 Å². The van der Waals surface area contributed by atoms with Crippen molar-refractivity contribution in [1.82, 2.24) is 14.8 Å². The van der Waals surface area contributed by atoms with Crippen LogP contribution in [0.2, 0.25) is 0 Å². The van der Waals surface area contributed by atoms with Crippen LogP contribution >= 0.6 is 0 Å². The van der Waals surface area contributed by atoms with Crippen LogP contribution in [-0.4, -0.2) is 52.3 Å². The van der Waals surface area contributed by atoms with Crippen molar-refractivity contribution in [3.63, 3.8) is 0 Å². The van der Waals surface area contributed by atoms with E-state index in [0.29, 0.717) is 47.2 Å². The molecule has 2 N–H and O–H groups in total. The van der Waals surface area contributed by atoms with Crippen molar-refractivity contribution in [1.29, 1.82) is 0 Å². The Hall–Kier alpha value is -3.99. The van der Waals surface area contributed by atoms with E-state index < -0.39 is 59.6 Å². The number of carboxylic acid groups (broad SMARTS) is 1. The van der Waals surface area contributed by atoms with Crippen LogP contribution in [0.1, 0.15) is 66.1 Å². The van der Waals surface area contributed by atoms with Crippen LogP contribution in [0.3, 0.4) is 0 Å². The molecule has 7 nitrogen and oxygen atoms in total. The highest BCUT2D eigenvalue weighted by molar-refractivity contribution is 5.82. The average molecular weight is 616 g/mol. The van der Waals surface area contributed by atoms with Crippen molar-refractivity contribution >= 4 is 11.9 Å². The molecule has 0 bridgehead atoms. The Labute approximate surface area is 253 Å². The van der Waals surface area contributed by atoms with Crippen molar-refractivity contribution in [2.45, 2.75) is 71.6 Å². The number of aryl methyl sites for hydroxylation is 3. The number of carboxylic acids is 1. The molecule has 236 valence electrons. The molecular weight excluding hydrogens is 578 g/mol. The van der Waals surface area contributed by atoms with Gasteiger partial charge in [-0.1, -0.05) is 13.3 Å². The van der Waals surface area contributed by atoms with Gasteiger partial charge in [0.25, 0.3) is 5.56 Å². The Kier molecular flexibility index (Phi) is 10.3. The van der Waals surface area contributed by atoms with Crippen LogP contribution in [0.15, 0.2) is 41.3 Å². The van der Waals surface area contributed by atoms with E-state index in [4.69, 9.17) is 0 Å². The molecule has 11 heteroatoms. The number of rotatable bonds is 12. The Morgan fingerprint density at radius 3 is 2.27 bits per heavy atom. The van der Waals surface area contributed by atoms with Crippen molar-refractivity contribution in [3.05, 3.63) is 92.2 Å². The van der Waals surface area contributed by atoms with E-state index in [0.717, 1.165) is 10.6 Å². The first kappa shape index (κ1) is 32.9. The van der Waals surface area contributed by atoms with Crippen molar-refractivity contribution in [2.24, 2.45) is 0 Å². The molecule has 44 heavy (non-hydrogen) atoms. The van der Waals surface area contributed by atoms with E-state index in [1.165, 1.54) is 31.3 Å². The number of amides is 1. The van der Waals surface area contributed by atoms with Crippen molar-refractivity contribution in [2.75, 3.05) is 19.6 Å². The number of nitrogens with one attached hydrogen (secondary N) is 1. The fourth-order valence-electron chi connectivity index (χ4n) is 5.88. The normalized spacial score (nSPS) is 15.1. The van der Waals surface area contributed by atoms with E-state index in [-0.39, 0.29) is 30.6 Å². The number of aliphatic carboxylic acids is 1. The van der Waals surface area contributed by atoms with Crippen LogP contribution in [-0.2, 0) is 16.0 Å². The van der Waals surface area contributed by atoms with E-state index >= 15 is 4.39 Å². The molecule has 2 atom stereocenters. The largest absolute Gasteiger partial charge is 0.481 e. The third-order valence-electron chi connectivity index (χ3n) is 8.03. The summed E-state index contributed by atoms with van der Waals surface area (Å²) >= 11 is 0. The highest BCUT2D eigenvalue weighted by atomic mass is 19.1. The fraction of sp³-hybridized carbons (Fsp3) is 0.424. The van der Waals surface area contributed by atoms with E-state index in [9.17, 15) is 32.7 Å². The minimum atomic E-state index is -1.33. The molecule has 0 spiro atoms. The van der Waals surface area contributed by atoms with Gasteiger partial charge in [-0.2, -0.15) is 0 Å². The molecule has 1 aliphatic heterocycles. The molecule has 3 aromatic rings. The molecule has 2 aromatic carbocycles. The second-order valence-corrected chi connectivity index (χ2v) is 11.6. The Morgan fingerprint density at radius 1 is 1.02 bits per heavy atom. The van der Waals surface area contributed by atoms with Gasteiger partial charge in [-0.25, -0.2) is 17.6 Å². The molecule has 0 aliphatic carbocycles. The lowest BCUT2D eigenvalue weighted by atomic mass is 9.90. The number of alkyl halides is 1. The number of carbonyl (C=O) groups is 2. The highest BCUT2D eigenvalue weighted by Crippen LogP contribution is 2.34. The molecule has 1 fully saturated rings. The molecule has 0 radical (unpaired) electrons. The molecule has 1 aromatic heterocycles. The molecule has 0 saturated carbocycles. The average Bonchev–Trinajstić information content (AvgIpc) is 2.91. The Bertz CT molecular complexity index is 1590. The lowest BCUT2D eigenvalue weighted by Crippen LogP contribution is -2.49. The first-order chi connectivity index (χ1) is 20.8. The molecule has 2 heterocycles. The van der Waals surface area contributed by atoms with Gasteiger partial charge >= 0.3 is 5.97 Å². The summed E-state index contributed by atoms with van der Waals surface area (Å²) in [6, 6.07) is 4.28. The Morgan fingerprint density at radius 2 is 1.68 bits per heavy atom. The quantitative estimate of drug-likeness (QED) is 0.254. The fourth-order valence-corrected chi connectivity index (χ4v) is 5.88. The van der Waals surface area contributed by atoms with Gasteiger partial charge in [0.05, 0.1) is 12.5 Å². The zero-order chi connectivity index (χ0) is 32.3. The summed E-state index contributed by atoms with van der Waals surface area (Å²) in [5.41, 5.74) is 1.91. The smallest absolute Gasteiger partial charge is 0.305 e. The van der Waals surface area contributed by atoms with Crippen LogP contribution < -0.4 is 10.9 Å². The van der Waals surface area contributed by atoms with Crippen LogP contribution in [0.4, 0.5) is 17.6 Å². The minimum Gasteiger partial charge on any atom is -0.481 e. The number of likely N-dealkylation sites (tertiary alicyclic amines) is 1. The Balaban J connectivity index is 1.70. The standard InChI is InChI=1S/C33H37F4N3O4/c1-5-6-28(40-15-21(12-26(36)33(40)44)7-8-39-16-24(35)17-39)32(43)38-27(14-29(41)42)25-13-22(9-20(4)31(25)37)30-18(2)10-23(34)11-19(30)3/h9-13,15,24,27-28H,5-8,14,16-17H2,1-4H3,(H,38,43)(H,41,42)/t27-,28?/m0/s1. The molecular formula is C33H37F4N3O4. The maximum Gasteiger partial charge on any atom is 0.305 e. The molecule has 1 saturated heterocycles. The number of hydrogen-bond acceptors (Lipinski definition) is 4. The molecule has 1 unspecified atom stereocenters. The summed E-state index contributed by atoms with van der Waals surface area (Å²) in [6.07, 6.45) is 0.717. The summed E-state index contributed by atoms with van der Waals surface area (Å²) in [4.78, 5) is 40.4. The zero-order valence-corrected chi connectivity index (χ0v) is 25.2. The number of pyridine rings is 1. The summed E-state index contributed by atoms with van der Waals surface area (Å²) in [5, 5.41) is 12.3. The predicted octanol–water partition coefficient (Wildman–Crippen LogP) is 5.73. The highest BCUT2D eigenvalue weighted by Gasteiger charge is 2.30. The summed E-state index contributed by atoms with van der Waals surface area (Å²) in [7, 11) is 0. The van der Waals surface area contributed by atoms with Crippen LogP contribution in [0.5, 0.6) is 0 Å². The molecule has 4 rings (SSSR count). The first-order valence-electron chi connectivity index (χ1n) is 14.6. The van der Waals surface area contributed by atoms with Gasteiger partial charge in [0, 0.05) is 31.4 Å². The zero-order valence-electron chi connectivity index (χ0n) is 25.2. The molecule has 1 aliphatic rings. The second kappa shape index (κ2) is 13.8. The van der Waals surface area contributed by atoms with E-state index in [1.807, 2.05) is 4.90 Å². The van der Waals surface area contributed by atoms with Gasteiger partial charge in [-0.05, 0) is 97.3 Å². The minimum absolute atomic E-state index is 0.0814. The van der Waals surface area contributed by atoms with Crippen molar-refractivity contribution in [3.8, 4) is 11.1 Å². The number of carbonyl (C=O) groups excluding carboxylic acids is 1. The van der Waals surface area contributed by atoms with E-state index in [2.05, 4.69) is 5.32 Å². The predicted molar refractivity (Wildman–Crippen MR) is 159 cm³/mol. The lowest BCUT2D eigenvalue weighted by Gasteiger charge is -2.34. The molecule has 1 amide bonds. The van der Waals surface area contributed by atoms with Gasteiger partial charge in [-0.3, -0.25) is 19.3 Å². The summed E-state index contributed by atoms with van der Waals surface area (Å²) < 4.78 is 58.6. The van der Waals surface area contributed by atoms with Gasteiger partial charge in [0.2, 0.25) is 5.91 Å². The maximum absolute atomic E-state index is 15.6. The van der Waals surface area contributed by atoms with Gasteiger partial charge in [0.15, 0.2) is 5.82 Å². The number of benzene rings is 2. The van der Waals surface area contributed by atoms with Crippen LogP contribution in [0.25, 0.3) is 11.1 Å². The summed E-state index contributed by atoms with van der Waals surface area (Å²) in [6.45, 7) is 7.72. The van der Waals surface area contributed by atoms with Gasteiger partial charge < -0.3 is 15.0 Å². The first-order valence-corrected chi connectivity index (χ1v) is 14.6. The number of aromatic nitrogens is 1. The number of halogens is 4. The second-order valence-electron chi connectivity index (χ2n) is 11.6.